The van der Waals surface area contributed by atoms with Gasteiger partial charge in [-0.25, -0.2) is 0 Å². The Hall–Kier alpha value is -0.930. The number of hydrogen-bond acceptors (Lipinski definition) is 3. The third kappa shape index (κ3) is 2.76. The van der Waals surface area contributed by atoms with Gasteiger partial charge in [-0.3, -0.25) is 4.79 Å². The Morgan fingerprint density at radius 3 is 2.53 bits per heavy atom. The molecule has 0 radical (unpaired) electrons. The second-order valence-electron chi connectivity index (χ2n) is 3.17. The van der Waals surface area contributed by atoms with Crippen molar-refractivity contribution in [2.75, 3.05) is 0 Å². The van der Waals surface area contributed by atoms with Gasteiger partial charge in [0.1, 0.15) is 0 Å². The summed E-state index contributed by atoms with van der Waals surface area (Å²) in [6.07, 6.45) is 0. The van der Waals surface area contributed by atoms with Crippen LogP contribution in [0.1, 0.15) is 6.92 Å². The van der Waals surface area contributed by atoms with Gasteiger partial charge in [0.25, 0.3) is 0 Å². The number of carbonyl (C=O) groups is 1. The highest BCUT2D eigenvalue weighted by atomic mass is 33.1. The van der Waals surface area contributed by atoms with Crippen molar-refractivity contribution < 1.29 is 4.79 Å². The first-order chi connectivity index (χ1) is 7.25. The summed E-state index contributed by atoms with van der Waals surface area (Å²) in [5.74, 6) is 0. The zero-order chi connectivity index (χ0) is 10.7. The fraction of sp³-hybridized carbons (Fsp3) is 0.0833. The number of benzene rings is 2. The summed E-state index contributed by atoms with van der Waals surface area (Å²) in [6.45, 7) is 1.58. The van der Waals surface area contributed by atoms with Crippen LogP contribution in [0, 0.1) is 0 Å². The van der Waals surface area contributed by atoms with E-state index in [-0.39, 0.29) is 5.12 Å². The Morgan fingerprint density at radius 2 is 1.80 bits per heavy atom. The molecule has 2 aromatic carbocycles. The zero-order valence-electron chi connectivity index (χ0n) is 8.27. The Kier molecular flexibility index (Phi) is 3.34. The minimum Gasteiger partial charge on any atom is -0.287 e. The van der Waals surface area contributed by atoms with E-state index in [0.717, 1.165) is 4.90 Å². The Balaban J connectivity index is 2.26. The molecule has 76 valence electrons. The van der Waals surface area contributed by atoms with Crippen LogP contribution in [-0.4, -0.2) is 5.12 Å². The molecule has 0 saturated carbocycles. The normalized spacial score (nSPS) is 10.5. The van der Waals surface area contributed by atoms with Crippen LogP contribution in [0.3, 0.4) is 0 Å². The Bertz CT molecular complexity index is 494. The maximum absolute atomic E-state index is 10.8. The maximum Gasteiger partial charge on any atom is 0.196 e. The van der Waals surface area contributed by atoms with Gasteiger partial charge in [0.2, 0.25) is 0 Å². The lowest BCUT2D eigenvalue weighted by atomic mass is 10.1. The van der Waals surface area contributed by atoms with E-state index in [1.54, 1.807) is 6.92 Å². The molecule has 0 fully saturated rings. The third-order valence-electron chi connectivity index (χ3n) is 1.98. The van der Waals surface area contributed by atoms with E-state index in [1.165, 1.54) is 32.4 Å². The van der Waals surface area contributed by atoms with Crippen molar-refractivity contribution in [1.29, 1.82) is 0 Å². The molecule has 0 aliphatic rings. The summed E-state index contributed by atoms with van der Waals surface area (Å²) in [6, 6.07) is 14.4. The van der Waals surface area contributed by atoms with Crippen LogP contribution in [0.2, 0.25) is 0 Å². The smallest absolute Gasteiger partial charge is 0.196 e. The van der Waals surface area contributed by atoms with Gasteiger partial charge in [-0.15, -0.1) is 0 Å². The molecule has 0 aliphatic carbocycles. The van der Waals surface area contributed by atoms with E-state index < -0.39 is 0 Å². The Labute approximate surface area is 96.7 Å². The molecule has 0 atom stereocenters. The lowest BCUT2D eigenvalue weighted by Crippen LogP contribution is -1.76. The van der Waals surface area contributed by atoms with E-state index in [0.29, 0.717) is 0 Å². The molecule has 3 heteroatoms. The molecule has 1 nitrogen and oxygen atoms in total. The summed E-state index contributed by atoms with van der Waals surface area (Å²) in [5, 5.41) is 2.58. The van der Waals surface area contributed by atoms with Gasteiger partial charge >= 0.3 is 0 Å². The minimum absolute atomic E-state index is 0.133. The molecular weight excluding hydrogens is 224 g/mol. The van der Waals surface area contributed by atoms with Gasteiger partial charge < -0.3 is 0 Å². The molecule has 0 heterocycles. The van der Waals surface area contributed by atoms with Crippen molar-refractivity contribution in [2.45, 2.75) is 11.8 Å². The monoisotopic (exact) mass is 234 g/mol. The molecule has 0 N–H and O–H groups in total. The molecule has 2 aromatic rings. The highest BCUT2D eigenvalue weighted by molar-refractivity contribution is 8.82. The summed E-state index contributed by atoms with van der Waals surface area (Å²) in [7, 11) is 2.78. The average molecular weight is 234 g/mol. The van der Waals surface area contributed by atoms with Crippen LogP contribution in [0.15, 0.2) is 47.4 Å². The fourth-order valence-electron chi connectivity index (χ4n) is 1.33. The predicted octanol–water partition coefficient (Wildman–Crippen LogP) is 4.13. The van der Waals surface area contributed by atoms with E-state index in [1.807, 2.05) is 18.2 Å². The van der Waals surface area contributed by atoms with Crippen LogP contribution in [0.25, 0.3) is 10.8 Å². The van der Waals surface area contributed by atoms with Crippen molar-refractivity contribution in [2.24, 2.45) is 0 Å². The summed E-state index contributed by atoms with van der Waals surface area (Å²) in [4.78, 5) is 11.9. The van der Waals surface area contributed by atoms with Crippen LogP contribution in [0.4, 0.5) is 0 Å². The molecule has 0 amide bonds. The molecule has 0 spiro atoms. The van der Waals surface area contributed by atoms with Crippen LogP contribution < -0.4 is 0 Å². The second-order valence-corrected chi connectivity index (χ2v) is 5.55. The predicted molar refractivity (Wildman–Crippen MR) is 68.1 cm³/mol. The standard InChI is InChI=1S/C12H10OS2/c1-9(13)14-15-12-7-6-10-4-2-3-5-11(10)8-12/h2-8H,1H3. The summed E-state index contributed by atoms with van der Waals surface area (Å²) in [5.41, 5.74) is 0. The number of hydrogen-bond donors (Lipinski definition) is 0. The lowest BCUT2D eigenvalue weighted by molar-refractivity contribution is -0.109. The fourth-order valence-corrected chi connectivity index (χ4v) is 2.79. The van der Waals surface area contributed by atoms with Gasteiger partial charge in [0.15, 0.2) is 5.12 Å². The van der Waals surface area contributed by atoms with Crippen LogP contribution >= 0.6 is 21.6 Å². The van der Waals surface area contributed by atoms with E-state index in [2.05, 4.69) is 24.3 Å². The first kappa shape index (κ1) is 10.6. The molecule has 0 saturated heterocycles. The molecule has 0 aliphatic heterocycles. The molecular formula is C12H10OS2. The van der Waals surface area contributed by atoms with Crippen LogP contribution in [-0.2, 0) is 4.79 Å². The lowest BCUT2D eigenvalue weighted by Gasteiger charge is -2.01. The number of carbonyl (C=O) groups excluding carboxylic acids is 1. The molecule has 0 bridgehead atoms. The van der Waals surface area contributed by atoms with Crippen LogP contribution in [0.5, 0.6) is 0 Å². The van der Waals surface area contributed by atoms with Gasteiger partial charge in [0.05, 0.1) is 0 Å². The highest BCUT2D eigenvalue weighted by Gasteiger charge is 1.99. The summed E-state index contributed by atoms with van der Waals surface area (Å²) >= 11 is 0. The van der Waals surface area contributed by atoms with E-state index in [9.17, 15) is 4.79 Å². The average Bonchev–Trinajstić information content (AvgIpc) is 2.26. The molecule has 0 aromatic heterocycles. The molecule has 15 heavy (non-hydrogen) atoms. The first-order valence-corrected chi connectivity index (χ1v) is 6.74. The van der Waals surface area contributed by atoms with Gasteiger partial charge in [-0.05, 0) is 44.5 Å². The second kappa shape index (κ2) is 4.73. The highest BCUT2D eigenvalue weighted by Crippen LogP contribution is 2.33. The third-order valence-corrected chi connectivity index (χ3v) is 4.27. The Morgan fingerprint density at radius 1 is 1.07 bits per heavy atom. The van der Waals surface area contributed by atoms with Crippen molar-refractivity contribution in [1.82, 2.24) is 0 Å². The van der Waals surface area contributed by atoms with Gasteiger partial charge in [-0.1, -0.05) is 30.3 Å². The quantitative estimate of drug-likeness (QED) is 0.727. The molecule has 0 unspecified atom stereocenters. The van der Waals surface area contributed by atoms with Crippen molar-refractivity contribution in [3.05, 3.63) is 42.5 Å². The van der Waals surface area contributed by atoms with Crippen molar-refractivity contribution in [3.63, 3.8) is 0 Å². The zero-order valence-corrected chi connectivity index (χ0v) is 9.90. The maximum atomic E-state index is 10.8. The number of fused-ring (bicyclic) bond motifs is 1. The van der Waals surface area contributed by atoms with Crippen molar-refractivity contribution >= 4 is 37.5 Å². The minimum atomic E-state index is 0.133. The number of rotatable bonds is 2. The molecule has 2 rings (SSSR count). The van der Waals surface area contributed by atoms with Crippen molar-refractivity contribution in [3.8, 4) is 0 Å². The van der Waals surface area contributed by atoms with E-state index >= 15 is 0 Å². The SMILES string of the molecule is CC(=O)SSc1ccc2ccccc2c1. The first-order valence-electron chi connectivity index (χ1n) is 4.59. The van der Waals surface area contributed by atoms with E-state index in [4.69, 9.17) is 0 Å². The van der Waals surface area contributed by atoms with Gasteiger partial charge in [0, 0.05) is 11.8 Å². The topological polar surface area (TPSA) is 17.1 Å². The summed E-state index contributed by atoms with van der Waals surface area (Å²) < 4.78 is 0. The largest absolute Gasteiger partial charge is 0.287 e. The van der Waals surface area contributed by atoms with Gasteiger partial charge in [-0.2, -0.15) is 0 Å².